The van der Waals surface area contributed by atoms with Crippen LogP contribution in [0.25, 0.3) is 0 Å². The molecule has 0 atom stereocenters. The van der Waals surface area contributed by atoms with E-state index >= 15 is 0 Å². The van der Waals surface area contributed by atoms with E-state index in [1.165, 1.54) is 24.3 Å². The third-order valence-corrected chi connectivity index (χ3v) is 3.61. The third kappa shape index (κ3) is 4.01. The number of nitro groups is 1. The molecule has 1 aromatic carbocycles. The molecule has 21 heavy (non-hydrogen) atoms. The van der Waals surface area contributed by atoms with Gasteiger partial charge in [0.25, 0.3) is 11.6 Å². The molecular formula is C15H21N3O3. The lowest BCUT2D eigenvalue weighted by atomic mass is 10.1. The van der Waals surface area contributed by atoms with Gasteiger partial charge in [0.15, 0.2) is 0 Å². The van der Waals surface area contributed by atoms with Gasteiger partial charge in [-0.15, -0.1) is 0 Å². The maximum atomic E-state index is 12.3. The van der Waals surface area contributed by atoms with Crippen LogP contribution in [0, 0.1) is 16.0 Å². The Morgan fingerprint density at radius 2 is 1.76 bits per heavy atom. The molecule has 1 amide bonds. The van der Waals surface area contributed by atoms with Crippen LogP contribution in [0.3, 0.4) is 0 Å². The van der Waals surface area contributed by atoms with Crippen molar-refractivity contribution in [3.05, 3.63) is 39.9 Å². The Balaban J connectivity index is 1.94. The maximum absolute atomic E-state index is 12.3. The van der Waals surface area contributed by atoms with Crippen LogP contribution >= 0.6 is 0 Å². The fourth-order valence-corrected chi connectivity index (χ4v) is 2.56. The van der Waals surface area contributed by atoms with E-state index in [0.717, 1.165) is 19.6 Å². The molecule has 0 N–H and O–H groups in total. The fraction of sp³-hybridized carbons (Fsp3) is 0.533. The van der Waals surface area contributed by atoms with Gasteiger partial charge in [-0.1, -0.05) is 13.8 Å². The lowest BCUT2D eigenvalue weighted by Crippen LogP contribution is -2.49. The highest BCUT2D eigenvalue weighted by Gasteiger charge is 2.22. The minimum atomic E-state index is -0.459. The summed E-state index contributed by atoms with van der Waals surface area (Å²) in [5.41, 5.74) is 0.520. The molecule has 1 aliphatic heterocycles. The summed E-state index contributed by atoms with van der Waals surface area (Å²) in [7, 11) is 0. The molecule has 0 aliphatic carbocycles. The maximum Gasteiger partial charge on any atom is 0.269 e. The van der Waals surface area contributed by atoms with Crippen LogP contribution in [-0.2, 0) is 0 Å². The van der Waals surface area contributed by atoms with E-state index in [1.54, 1.807) is 0 Å². The van der Waals surface area contributed by atoms with Crippen LogP contribution in [0.15, 0.2) is 24.3 Å². The van der Waals surface area contributed by atoms with Crippen LogP contribution in [0.1, 0.15) is 24.2 Å². The van der Waals surface area contributed by atoms with E-state index in [9.17, 15) is 14.9 Å². The second-order valence-electron chi connectivity index (χ2n) is 5.79. The van der Waals surface area contributed by atoms with E-state index in [1.807, 2.05) is 4.90 Å². The van der Waals surface area contributed by atoms with E-state index < -0.39 is 4.92 Å². The molecule has 0 aromatic heterocycles. The summed E-state index contributed by atoms with van der Waals surface area (Å²) < 4.78 is 0. The van der Waals surface area contributed by atoms with Gasteiger partial charge in [-0.05, 0) is 18.1 Å². The van der Waals surface area contributed by atoms with E-state index in [-0.39, 0.29) is 11.6 Å². The molecule has 6 nitrogen and oxygen atoms in total. The second-order valence-corrected chi connectivity index (χ2v) is 5.79. The summed E-state index contributed by atoms with van der Waals surface area (Å²) in [6.07, 6.45) is 0. The first-order valence-electron chi connectivity index (χ1n) is 7.23. The molecule has 2 rings (SSSR count). The SMILES string of the molecule is CC(C)CN1CCN(C(=O)c2ccc([N+](=O)[O-])cc2)CC1. The first kappa shape index (κ1) is 15.4. The fourth-order valence-electron chi connectivity index (χ4n) is 2.56. The Bertz CT molecular complexity index is 505. The van der Waals surface area contributed by atoms with Crippen LogP contribution in [0.4, 0.5) is 5.69 Å². The number of nitrogens with zero attached hydrogens (tertiary/aromatic N) is 3. The van der Waals surface area contributed by atoms with Gasteiger partial charge in [0.05, 0.1) is 4.92 Å². The largest absolute Gasteiger partial charge is 0.336 e. The number of benzene rings is 1. The number of non-ortho nitro benzene ring substituents is 1. The zero-order valence-electron chi connectivity index (χ0n) is 12.5. The molecule has 0 spiro atoms. The minimum Gasteiger partial charge on any atom is -0.336 e. The lowest BCUT2D eigenvalue weighted by molar-refractivity contribution is -0.384. The van der Waals surface area contributed by atoms with Crippen molar-refractivity contribution in [3.63, 3.8) is 0 Å². The molecular weight excluding hydrogens is 270 g/mol. The summed E-state index contributed by atoms with van der Waals surface area (Å²) in [5.74, 6) is 0.580. The second kappa shape index (κ2) is 6.67. The quantitative estimate of drug-likeness (QED) is 0.628. The molecule has 0 bridgehead atoms. The van der Waals surface area contributed by atoms with Crippen LogP contribution in [0.5, 0.6) is 0 Å². The van der Waals surface area contributed by atoms with Gasteiger partial charge in [-0.25, -0.2) is 0 Å². The topological polar surface area (TPSA) is 66.7 Å². The van der Waals surface area contributed by atoms with Crippen molar-refractivity contribution in [2.24, 2.45) is 5.92 Å². The minimum absolute atomic E-state index is 0.00769. The summed E-state index contributed by atoms with van der Waals surface area (Å²) in [5, 5.41) is 10.6. The number of amides is 1. The highest BCUT2D eigenvalue weighted by molar-refractivity contribution is 5.94. The summed E-state index contributed by atoms with van der Waals surface area (Å²) >= 11 is 0. The van der Waals surface area contributed by atoms with E-state index in [4.69, 9.17) is 0 Å². The normalized spacial score (nSPS) is 16.2. The van der Waals surface area contributed by atoms with Gasteiger partial charge in [-0.2, -0.15) is 0 Å². The molecule has 1 saturated heterocycles. The molecule has 6 heteroatoms. The van der Waals surface area contributed by atoms with Crippen molar-refractivity contribution in [2.75, 3.05) is 32.7 Å². The van der Waals surface area contributed by atoms with Crippen molar-refractivity contribution in [1.29, 1.82) is 0 Å². The number of nitro benzene ring substituents is 1. The molecule has 1 heterocycles. The average molecular weight is 291 g/mol. The monoisotopic (exact) mass is 291 g/mol. The number of hydrogen-bond donors (Lipinski definition) is 0. The molecule has 0 radical (unpaired) electrons. The van der Waals surface area contributed by atoms with Gasteiger partial charge in [-0.3, -0.25) is 19.8 Å². The van der Waals surface area contributed by atoms with E-state index in [2.05, 4.69) is 18.7 Å². The van der Waals surface area contributed by atoms with Crippen LogP contribution < -0.4 is 0 Å². The Hall–Kier alpha value is -1.95. The summed E-state index contributed by atoms with van der Waals surface area (Å²) in [6, 6.07) is 5.81. The first-order chi connectivity index (χ1) is 9.97. The number of carbonyl (C=O) groups is 1. The standard InChI is InChI=1S/C15H21N3O3/c1-12(2)11-16-7-9-17(10-8-16)15(19)13-3-5-14(6-4-13)18(20)21/h3-6,12H,7-11H2,1-2H3. The van der Waals surface area contributed by atoms with Crippen molar-refractivity contribution in [1.82, 2.24) is 9.80 Å². The number of rotatable bonds is 4. The van der Waals surface area contributed by atoms with Crippen molar-refractivity contribution < 1.29 is 9.72 Å². The lowest BCUT2D eigenvalue weighted by Gasteiger charge is -2.35. The molecule has 1 aliphatic rings. The molecule has 0 unspecified atom stereocenters. The third-order valence-electron chi connectivity index (χ3n) is 3.61. The van der Waals surface area contributed by atoms with Crippen molar-refractivity contribution >= 4 is 11.6 Å². The first-order valence-corrected chi connectivity index (χ1v) is 7.23. The van der Waals surface area contributed by atoms with Gasteiger partial charge in [0.2, 0.25) is 0 Å². The summed E-state index contributed by atoms with van der Waals surface area (Å²) in [4.78, 5) is 26.7. The Morgan fingerprint density at radius 1 is 1.19 bits per heavy atom. The Labute approximate surface area is 124 Å². The number of piperazine rings is 1. The van der Waals surface area contributed by atoms with Gasteiger partial charge < -0.3 is 4.90 Å². The number of carbonyl (C=O) groups excluding carboxylic acids is 1. The van der Waals surface area contributed by atoms with Crippen molar-refractivity contribution in [3.8, 4) is 0 Å². The van der Waals surface area contributed by atoms with Gasteiger partial charge in [0.1, 0.15) is 0 Å². The number of hydrogen-bond acceptors (Lipinski definition) is 4. The Morgan fingerprint density at radius 3 is 2.24 bits per heavy atom. The predicted octanol–water partition coefficient (Wildman–Crippen LogP) is 2.01. The van der Waals surface area contributed by atoms with Gasteiger partial charge >= 0.3 is 0 Å². The highest BCUT2D eigenvalue weighted by atomic mass is 16.6. The molecule has 1 fully saturated rings. The average Bonchev–Trinajstić information content (AvgIpc) is 2.47. The zero-order valence-corrected chi connectivity index (χ0v) is 12.5. The van der Waals surface area contributed by atoms with Gasteiger partial charge in [0, 0.05) is 50.4 Å². The van der Waals surface area contributed by atoms with Crippen LogP contribution in [0.2, 0.25) is 0 Å². The molecule has 0 saturated carbocycles. The summed E-state index contributed by atoms with van der Waals surface area (Å²) in [6.45, 7) is 8.63. The van der Waals surface area contributed by atoms with E-state index in [0.29, 0.717) is 24.6 Å². The van der Waals surface area contributed by atoms with Crippen molar-refractivity contribution in [2.45, 2.75) is 13.8 Å². The smallest absolute Gasteiger partial charge is 0.269 e. The molecule has 114 valence electrons. The highest BCUT2D eigenvalue weighted by Crippen LogP contribution is 2.15. The predicted molar refractivity (Wildman–Crippen MR) is 80.3 cm³/mol. The molecule has 1 aromatic rings. The zero-order chi connectivity index (χ0) is 15.4. The van der Waals surface area contributed by atoms with Crippen LogP contribution in [-0.4, -0.2) is 53.4 Å². The Kier molecular flexibility index (Phi) is 4.90.